The Morgan fingerprint density at radius 2 is 2.05 bits per heavy atom. The SMILES string of the molecule is O=C(Cc1ccccc1F)NC1CS(=O)(=O)CC1Cl. The van der Waals surface area contributed by atoms with Crippen LogP contribution in [0.3, 0.4) is 0 Å². The summed E-state index contributed by atoms with van der Waals surface area (Å²) in [5.41, 5.74) is 0.270. The van der Waals surface area contributed by atoms with Crippen LogP contribution in [0.4, 0.5) is 4.39 Å². The smallest absolute Gasteiger partial charge is 0.224 e. The summed E-state index contributed by atoms with van der Waals surface area (Å²) in [6, 6.07) is 5.35. The highest BCUT2D eigenvalue weighted by molar-refractivity contribution is 7.91. The first-order valence-electron chi connectivity index (χ1n) is 5.74. The van der Waals surface area contributed by atoms with E-state index < -0.39 is 33.0 Å². The summed E-state index contributed by atoms with van der Waals surface area (Å²) in [6.07, 6.45) is -0.132. The molecule has 2 rings (SSSR count). The topological polar surface area (TPSA) is 63.2 Å². The fourth-order valence-corrected chi connectivity index (χ4v) is 4.56. The molecular formula is C12H13ClFNO3S. The first kappa shape index (κ1) is 14.3. The third kappa shape index (κ3) is 3.67. The molecule has 104 valence electrons. The minimum Gasteiger partial charge on any atom is -0.351 e. The van der Waals surface area contributed by atoms with Gasteiger partial charge in [0.25, 0.3) is 0 Å². The molecular weight excluding hydrogens is 293 g/mol. The number of benzene rings is 1. The fraction of sp³-hybridized carbons (Fsp3) is 0.417. The Balaban J connectivity index is 1.98. The van der Waals surface area contributed by atoms with Crippen LogP contribution in [-0.2, 0) is 21.1 Å². The molecule has 1 fully saturated rings. The van der Waals surface area contributed by atoms with Gasteiger partial charge >= 0.3 is 0 Å². The molecule has 1 aliphatic heterocycles. The van der Waals surface area contributed by atoms with E-state index in [9.17, 15) is 17.6 Å². The van der Waals surface area contributed by atoms with Gasteiger partial charge < -0.3 is 5.32 Å². The van der Waals surface area contributed by atoms with E-state index in [-0.39, 0.29) is 23.5 Å². The maximum Gasteiger partial charge on any atom is 0.224 e. The Morgan fingerprint density at radius 1 is 1.37 bits per heavy atom. The number of sulfone groups is 1. The molecule has 2 atom stereocenters. The van der Waals surface area contributed by atoms with Crippen molar-refractivity contribution in [2.75, 3.05) is 11.5 Å². The summed E-state index contributed by atoms with van der Waals surface area (Å²) in [5, 5.41) is 1.91. The molecule has 4 nitrogen and oxygen atoms in total. The van der Waals surface area contributed by atoms with Gasteiger partial charge in [-0.15, -0.1) is 11.6 Å². The van der Waals surface area contributed by atoms with E-state index in [1.165, 1.54) is 18.2 Å². The molecule has 1 aromatic carbocycles. The molecule has 1 amide bonds. The van der Waals surface area contributed by atoms with Gasteiger partial charge in [0.05, 0.1) is 29.3 Å². The Morgan fingerprint density at radius 3 is 2.63 bits per heavy atom. The van der Waals surface area contributed by atoms with E-state index in [4.69, 9.17) is 11.6 Å². The lowest BCUT2D eigenvalue weighted by Gasteiger charge is -2.14. The van der Waals surface area contributed by atoms with Crippen LogP contribution in [0, 0.1) is 5.82 Å². The minimum absolute atomic E-state index is 0.132. The molecule has 2 unspecified atom stereocenters. The predicted molar refractivity (Wildman–Crippen MR) is 70.3 cm³/mol. The summed E-state index contributed by atoms with van der Waals surface area (Å²) in [4.78, 5) is 11.7. The van der Waals surface area contributed by atoms with E-state index >= 15 is 0 Å². The normalized spacial score (nSPS) is 25.2. The lowest BCUT2D eigenvalue weighted by Crippen LogP contribution is -2.41. The maximum atomic E-state index is 13.4. The quantitative estimate of drug-likeness (QED) is 0.844. The third-order valence-electron chi connectivity index (χ3n) is 2.94. The number of carbonyl (C=O) groups is 1. The Hall–Kier alpha value is -1.14. The average Bonchev–Trinajstić information content (AvgIpc) is 2.55. The third-order valence-corrected chi connectivity index (χ3v) is 5.31. The highest BCUT2D eigenvalue weighted by Gasteiger charge is 2.37. The number of rotatable bonds is 3. The maximum absolute atomic E-state index is 13.4. The van der Waals surface area contributed by atoms with Crippen LogP contribution in [0.1, 0.15) is 5.56 Å². The second kappa shape index (κ2) is 5.46. The summed E-state index contributed by atoms with van der Waals surface area (Å²) in [7, 11) is -3.19. The summed E-state index contributed by atoms with van der Waals surface area (Å²) < 4.78 is 36.1. The van der Waals surface area contributed by atoms with Gasteiger partial charge in [0.2, 0.25) is 5.91 Å². The highest BCUT2D eigenvalue weighted by Crippen LogP contribution is 2.18. The molecule has 0 bridgehead atoms. The molecule has 1 heterocycles. The number of nitrogens with one attached hydrogen (secondary N) is 1. The van der Waals surface area contributed by atoms with Gasteiger partial charge in [0.1, 0.15) is 5.82 Å². The van der Waals surface area contributed by atoms with Crippen LogP contribution in [0.25, 0.3) is 0 Å². The zero-order valence-electron chi connectivity index (χ0n) is 9.97. The van der Waals surface area contributed by atoms with Crippen molar-refractivity contribution in [1.82, 2.24) is 5.32 Å². The van der Waals surface area contributed by atoms with E-state index in [2.05, 4.69) is 5.32 Å². The van der Waals surface area contributed by atoms with Crippen molar-refractivity contribution in [2.24, 2.45) is 0 Å². The largest absolute Gasteiger partial charge is 0.351 e. The molecule has 1 saturated heterocycles. The van der Waals surface area contributed by atoms with Gasteiger partial charge in [-0.25, -0.2) is 12.8 Å². The molecule has 1 aromatic rings. The van der Waals surface area contributed by atoms with Crippen molar-refractivity contribution >= 4 is 27.3 Å². The predicted octanol–water partition coefficient (Wildman–Crippen LogP) is 0.889. The molecule has 0 aliphatic carbocycles. The van der Waals surface area contributed by atoms with Crippen LogP contribution in [-0.4, -0.2) is 37.2 Å². The molecule has 0 aromatic heterocycles. The summed E-state index contributed by atoms with van der Waals surface area (Å²) in [5.74, 6) is -1.19. The second-order valence-electron chi connectivity index (χ2n) is 4.54. The van der Waals surface area contributed by atoms with E-state index in [0.717, 1.165) is 0 Å². The fourth-order valence-electron chi connectivity index (χ4n) is 2.01. The molecule has 0 spiro atoms. The van der Waals surface area contributed by atoms with E-state index in [1.807, 2.05) is 0 Å². The lowest BCUT2D eigenvalue weighted by atomic mass is 10.1. The van der Waals surface area contributed by atoms with E-state index in [0.29, 0.717) is 0 Å². The highest BCUT2D eigenvalue weighted by atomic mass is 35.5. The van der Waals surface area contributed by atoms with Crippen molar-refractivity contribution in [3.8, 4) is 0 Å². The van der Waals surface area contributed by atoms with Crippen LogP contribution in [0.15, 0.2) is 24.3 Å². The second-order valence-corrected chi connectivity index (χ2v) is 7.25. The molecule has 19 heavy (non-hydrogen) atoms. The van der Waals surface area contributed by atoms with Gasteiger partial charge in [0.15, 0.2) is 9.84 Å². The Labute approximate surface area is 115 Å². The van der Waals surface area contributed by atoms with Crippen molar-refractivity contribution in [1.29, 1.82) is 0 Å². The van der Waals surface area contributed by atoms with Crippen molar-refractivity contribution in [3.05, 3.63) is 35.6 Å². The van der Waals surface area contributed by atoms with Crippen molar-refractivity contribution in [2.45, 2.75) is 17.8 Å². The Bertz CT molecular complexity index is 590. The van der Waals surface area contributed by atoms with Gasteiger partial charge in [-0.3, -0.25) is 4.79 Å². The molecule has 7 heteroatoms. The zero-order valence-corrected chi connectivity index (χ0v) is 11.5. The standard InChI is InChI=1S/C12H13ClFNO3S/c13-9-6-19(17,18)7-11(9)15-12(16)5-8-3-1-2-4-10(8)14/h1-4,9,11H,5-7H2,(H,15,16). The number of halogens is 2. The summed E-state index contributed by atoms with van der Waals surface area (Å²) in [6.45, 7) is 0. The lowest BCUT2D eigenvalue weighted by molar-refractivity contribution is -0.121. The van der Waals surface area contributed by atoms with Crippen molar-refractivity contribution < 1.29 is 17.6 Å². The van der Waals surface area contributed by atoms with Gasteiger partial charge in [0, 0.05) is 0 Å². The molecule has 1 aliphatic rings. The molecule has 0 saturated carbocycles. The van der Waals surface area contributed by atoms with Crippen LogP contribution in [0.5, 0.6) is 0 Å². The van der Waals surface area contributed by atoms with E-state index in [1.54, 1.807) is 6.07 Å². The molecule has 1 N–H and O–H groups in total. The average molecular weight is 306 g/mol. The molecule has 0 radical (unpaired) electrons. The number of amides is 1. The van der Waals surface area contributed by atoms with Gasteiger partial charge in [-0.1, -0.05) is 18.2 Å². The number of hydrogen-bond donors (Lipinski definition) is 1. The van der Waals surface area contributed by atoms with Gasteiger partial charge in [-0.2, -0.15) is 0 Å². The van der Waals surface area contributed by atoms with Crippen LogP contribution < -0.4 is 5.32 Å². The van der Waals surface area contributed by atoms with Crippen LogP contribution >= 0.6 is 11.6 Å². The minimum atomic E-state index is -3.19. The van der Waals surface area contributed by atoms with Gasteiger partial charge in [-0.05, 0) is 11.6 Å². The van der Waals surface area contributed by atoms with Crippen LogP contribution in [0.2, 0.25) is 0 Å². The first-order valence-corrected chi connectivity index (χ1v) is 8.00. The number of alkyl halides is 1. The van der Waals surface area contributed by atoms with Crippen molar-refractivity contribution in [3.63, 3.8) is 0 Å². The zero-order chi connectivity index (χ0) is 14.0. The Kier molecular flexibility index (Phi) is 4.10. The monoisotopic (exact) mass is 305 g/mol. The first-order chi connectivity index (χ1) is 8.87. The summed E-state index contributed by atoms with van der Waals surface area (Å²) >= 11 is 5.87. The number of hydrogen-bond acceptors (Lipinski definition) is 3. The number of carbonyl (C=O) groups excluding carboxylic acids is 1.